The van der Waals surface area contributed by atoms with E-state index in [-0.39, 0.29) is 17.6 Å². The molecular weight excluding hydrogens is 282 g/mol. The minimum Gasteiger partial charge on any atom is -0.212 e. The first-order valence-electron chi connectivity index (χ1n) is 6.44. The van der Waals surface area contributed by atoms with Gasteiger partial charge in [0.25, 0.3) is 0 Å². The van der Waals surface area contributed by atoms with Gasteiger partial charge in [0.2, 0.25) is 10.0 Å². The van der Waals surface area contributed by atoms with E-state index in [0.29, 0.717) is 6.42 Å². The zero-order chi connectivity index (χ0) is 14.5. The monoisotopic (exact) mass is 303 g/mol. The van der Waals surface area contributed by atoms with Crippen LogP contribution in [0.4, 0.5) is 0 Å². The number of hydrogen-bond acceptors (Lipinski definition) is 2. The Bertz CT molecular complexity index is 483. The summed E-state index contributed by atoms with van der Waals surface area (Å²) in [7, 11) is -3.35. The second kappa shape index (κ2) is 6.73. The van der Waals surface area contributed by atoms with E-state index >= 15 is 0 Å². The molecule has 1 N–H and O–H groups in total. The summed E-state index contributed by atoms with van der Waals surface area (Å²) in [5.74, 6) is 0.293. The Balaban J connectivity index is 2.75. The highest BCUT2D eigenvalue weighted by molar-refractivity contribution is 7.89. The highest BCUT2D eigenvalue weighted by Gasteiger charge is 2.28. The first-order valence-corrected chi connectivity index (χ1v) is 8.63. The maximum atomic E-state index is 12.2. The van der Waals surface area contributed by atoms with E-state index in [1.807, 2.05) is 51.1 Å². The Hall–Kier alpha value is -0.580. The third-order valence-corrected chi connectivity index (χ3v) is 5.65. The van der Waals surface area contributed by atoms with Crippen molar-refractivity contribution in [3.8, 4) is 0 Å². The van der Waals surface area contributed by atoms with E-state index in [4.69, 9.17) is 11.6 Å². The summed E-state index contributed by atoms with van der Waals surface area (Å²) < 4.78 is 27.1. The summed E-state index contributed by atoms with van der Waals surface area (Å²) in [4.78, 5) is 0. The maximum absolute atomic E-state index is 12.2. The Morgan fingerprint density at radius 1 is 1.32 bits per heavy atom. The highest BCUT2D eigenvalue weighted by Crippen LogP contribution is 2.19. The van der Waals surface area contributed by atoms with Crippen LogP contribution in [0.25, 0.3) is 0 Å². The van der Waals surface area contributed by atoms with Crippen LogP contribution in [0.2, 0.25) is 0 Å². The Labute approximate surface area is 121 Å². The third kappa shape index (κ3) is 5.13. The number of nitrogens with one attached hydrogen (secondary N) is 1. The molecule has 0 aliphatic rings. The molecule has 0 saturated heterocycles. The van der Waals surface area contributed by atoms with Gasteiger partial charge in [-0.2, -0.15) is 0 Å². The minimum absolute atomic E-state index is 0.0462. The molecule has 0 spiro atoms. The molecule has 0 fully saturated rings. The van der Waals surface area contributed by atoms with Gasteiger partial charge >= 0.3 is 0 Å². The SMILES string of the molecule is CCC(C)(CCl)NS(=O)(=O)CC(C)c1ccccc1. The van der Waals surface area contributed by atoms with Gasteiger partial charge in [-0.3, -0.25) is 0 Å². The van der Waals surface area contributed by atoms with E-state index in [9.17, 15) is 8.42 Å². The van der Waals surface area contributed by atoms with Crippen molar-refractivity contribution in [3.05, 3.63) is 35.9 Å². The summed E-state index contributed by atoms with van der Waals surface area (Å²) in [5, 5.41) is 0. The zero-order valence-electron chi connectivity index (χ0n) is 11.7. The fourth-order valence-corrected chi connectivity index (χ4v) is 4.05. The van der Waals surface area contributed by atoms with Gasteiger partial charge < -0.3 is 0 Å². The van der Waals surface area contributed by atoms with Crippen LogP contribution in [-0.2, 0) is 10.0 Å². The van der Waals surface area contributed by atoms with Crippen LogP contribution in [0, 0.1) is 0 Å². The molecule has 108 valence electrons. The van der Waals surface area contributed by atoms with Crippen LogP contribution in [0.3, 0.4) is 0 Å². The van der Waals surface area contributed by atoms with Crippen LogP contribution >= 0.6 is 11.6 Å². The zero-order valence-corrected chi connectivity index (χ0v) is 13.3. The van der Waals surface area contributed by atoms with Gasteiger partial charge in [-0.25, -0.2) is 13.1 Å². The van der Waals surface area contributed by atoms with Crippen molar-refractivity contribution in [2.75, 3.05) is 11.6 Å². The van der Waals surface area contributed by atoms with Crippen LogP contribution in [0.5, 0.6) is 0 Å². The summed E-state index contributed by atoms with van der Waals surface area (Å²) in [6.45, 7) is 5.66. The molecule has 2 unspecified atom stereocenters. The van der Waals surface area contributed by atoms with Gasteiger partial charge in [0.1, 0.15) is 0 Å². The topological polar surface area (TPSA) is 46.2 Å². The Morgan fingerprint density at radius 3 is 2.37 bits per heavy atom. The third-order valence-electron chi connectivity index (χ3n) is 3.32. The van der Waals surface area contributed by atoms with Gasteiger partial charge in [0, 0.05) is 11.4 Å². The lowest BCUT2D eigenvalue weighted by molar-refractivity contribution is 0.443. The van der Waals surface area contributed by atoms with E-state index in [1.54, 1.807) is 0 Å². The Morgan fingerprint density at radius 2 is 1.89 bits per heavy atom. The average Bonchev–Trinajstić information content (AvgIpc) is 2.38. The van der Waals surface area contributed by atoms with Gasteiger partial charge in [-0.1, -0.05) is 44.2 Å². The van der Waals surface area contributed by atoms with E-state index in [1.165, 1.54) is 0 Å². The fourth-order valence-electron chi connectivity index (χ4n) is 1.82. The molecule has 0 aromatic heterocycles. The van der Waals surface area contributed by atoms with Crippen molar-refractivity contribution in [1.82, 2.24) is 4.72 Å². The summed E-state index contributed by atoms with van der Waals surface area (Å²) in [6, 6.07) is 9.65. The van der Waals surface area contributed by atoms with Gasteiger partial charge in [0.05, 0.1) is 5.75 Å². The van der Waals surface area contributed by atoms with Crippen molar-refractivity contribution < 1.29 is 8.42 Å². The molecule has 2 atom stereocenters. The smallest absolute Gasteiger partial charge is 0.212 e. The van der Waals surface area contributed by atoms with Crippen LogP contribution in [0.1, 0.15) is 38.7 Å². The number of rotatable bonds is 7. The highest BCUT2D eigenvalue weighted by atomic mass is 35.5. The molecule has 1 aromatic carbocycles. The number of benzene rings is 1. The molecule has 19 heavy (non-hydrogen) atoms. The fraction of sp³-hybridized carbons (Fsp3) is 0.571. The van der Waals surface area contributed by atoms with Gasteiger partial charge in [-0.15, -0.1) is 11.6 Å². The van der Waals surface area contributed by atoms with Crippen molar-refractivity contribution >= 4 is 21.6 Å². The Kier molecular flexibility index (Phi) is 5.83. The molecule has 5 heteroatoms. The molecule has 0 bridgehead atoms. The van der Waals surface area contributed by atoms with Crippen molar-refractivity contribution in [3.63, 3.8) is 0 Å². The standard InChI is InChI=1S/C14H22ClNO2S/c1-4-14(3,11-15)16-19(17,18)10-12(2)13-8-6-5-7-9-13/h5-9,12,16H,4,10-11H2,1-3H3. The lowest BCUT2D eigenvalue weighted by Gasteiger charge is -2.27. The summed E-state index contributed by atoms with van der Waals surface area (Å²) in [5.41, 5.74) is 0.452. The predicted molar refractivity (Wildman–Crippen MR) is 81.2 cm³/mol. The molecule has 1 rings (SSSR count). The predicted octanol–water partition coefficient (Wildman–Crippen LogP) is 3.12. The molecule has 0 aliphatic carbocycles. The van der Waals surface area contributed by atoms with Crippen molar-refractivity contribution in [2.24, 2.45) is 0 Å². The first kappa shape index (κ1) is 16.5. The van der Waals surface area contributed by atoms with E-state index in [0.717, 1.165) is 5.56 Å². The summed E-state index contributed by atoms with van der Waals surface area (Å²) >= 11 is 5.84. The van der Waals surface area contributed by atoms with Crippen LogP contribution in [0.15, 0.2) is 30.3 Å². The second-order valence-corrected chi connectivity index (χ2v) is 7.28. The maximum Gasteiger partial charge on any atom is 0.212 e. The lowest BCUT2D eigenvalue weighted by Crippen LogP contribution is -2.48. The molecule has 0 radical (unpaired) electrons. The number of halogens is 1. The molecule has 0 saturated carbocycles. The van der Waals surface area contributed by atoms with Gasteiger partial charge in [-0.05, 0) is 24.8 Å². The van der Waals surface area contributed by atoms with E-state index < -0.39 is 15.6 Å². The van der Waals surface area contributed by atoms with Crippen LogP contribution in [-0.4, -0.2) is 25.6 Å². The number of sulfonamides is 1. The van der Waals surface area contributed by atoms with Gasteiger partial charge in [0.15, 0.2) is 0 Å². The summed E-state index contributed by atoms with van der Waals surface area (Å²) in [6.07, 6.45) is 0.662. The molecule has 3 nitrogen and oxygen atoms in total. The molecule has 0 aliphatic heterocycles. The molecule has 0 amide bonds. The number of alkyl halides is 1. The number of hydrogen-bond donors (Lipinski definition) is 1. The molecular formula is C14H22ClNO2S. The molecule has 0 heterocycles. The van der Waals surface area contributed by atoms with E-state index in [2.05, 4.69) is 4.72 Å². The average molecular weight is 304 g/mol. The van der Waals surface area contributed by atoms with Crippen molar-refractivity contribution in [2.45, 2.75) is 38.6 Å². The first-order chi connectivity index (χ1) is 8.82. The quantitative estimate of drug-likeness (QED) is 0.787. The van der Waals surface area contributed by atoms with Crippen LogP contribution < -0.4 is 4.72 Å². The second-order valence-electron chi connectivity index (χ2n) is 5.24. The normalized spacial score (nSPS) is 16.8. The lowest BCUT2D eigenvalue weighted by atomic mass is 10.0. The minimum atomic E-state index is -3.35. The molecule has 1 aromatic rings. The largest absolute Gasteiger partial charge is 0.212 e. The van der Waals surface area contributed by atoms with Crippen molar-refractivity contribution in [1.29, 1.82) is 0 Å².